The first kappa shape index (κ1) is 15.8. The zero-order valence-electron chi connectivity index (χ0n) is 15.0. The molecule has 2 nitrogen and oxygen atoms in total. The summed E-state index contributed by atoms with van der Waals surface area (Å²) in [4.78, 5) is 2.58. The fourth-order valence-corrected chi connectivity index (χ4v) is 6.40. The fourth-order valence-electron chi connectivity index (χ4n) is 6.40. The molecule has 0 spiro atoms. The summed E-state index contributed by atoms with van der Waals surface area (Å²) >= 11 is 0. The minimum absolute atomic E-state index is 0.989. The molecule has 7 unspecified atom stereocenters. The first-order valence-corrected chi connectivity index (χ1v) is 9.55. The molecule has 4 rings (SSSR count). The zero-order valence-corrected chi connectivity index (χ0v) is 15.0. The number of quaternary nitrogens is 1. The van der Waals surface area contributed by atoms with Crippen molar-refractivity contribution in [3.63, 3.8) is 0 Å². The van der Waals surface area contributed by atoms with Gasteiger partial charge in [-0.1, -0.05) is 20.3 Å². The summed E-state index contributed by atoms with van der Waals surface area (Å²) in [7, 11) is 4.85. The Hall–Kier alpha value is -0.0800. The van der Waals surface area contributed by atoms with Gasteiger partial charge in [0.25, 0.3) is 0 Å². The van der Waals surface area contributed by atoms with Gasteiger partial charge in [-0.2, -0.15) is 0 Å². The van der Waals surface area contributed by atoms with Crippen LogP contribution in [0.1, 0.15) is 40.0 Å². The average molecular weight is 294 g/mol. The highest BCUT2D eigenvalue weighted by Gasteiger charge is 2.59. The van der Waals surface area contributed by atoms with Gasteiger partial charge >= 0.3 is 0 Å². The fraction of sp³-hybridized carbons (Fsp3) is 1.00. The number of nitrogens with zero attached hydrogens (tertiary/aromatic N) is 2. The Morgan fingerprint density at radius 2 is 1.48 bits per heavy atom. The van der Waals surface area contributed by atoms with E-state index in [4.69, 9.17) is 0 Å². The molecule has 2 bridgehead atoms. The predicted molar refractivity (Wildman–Crippen MR) is 90.1 cm³/mol. The van der Waals surface area contributed by atoms with Crippen LogP contribution in [0.15, 0.2) is 0 Å². The number of rotatable bonds is 5. The molecule has 1 heterocycles. The van der Waals surface area contributed by atoms with Gasteiger partial charge in [-0.15, -0.1) is 0 Å². The number of fused-ring (bicyclic) bond motifs is 2. The number of hydrogen-bond donors (Lipinski definition) is 0. The lowest BCUT2D eigenvalue weighted by Crippen LogP contribution is -2.53. The summed E-state index contributed by atoms with van der Waals surface area (Å²) in [5, 5.41) is 0. The lowest BCUT2D eigenvalue weighted by Gasteiger charge is -2.54. The van der Waals surface area contributed by atoms with Crippen LogP contribution in [-0.2, 0) is 0 Å². The highest BCUT2D eigenvalue weighted by molar-refractivity contribution is 5.03. The van der Waals surface area contributed by atoms with Crippen molar-refractivity contribution in [2.45, 2.75) is 40.0 Å². The average Bonchev–Trinajstić information content (AvgIpc) is 2.87. The molecule has 2 heteroatoms. The third kappa shape index (κ3) is 2.57. The van der Waals surface area contributed by atoms with E-state index in [1.165, 1.54) is 50.0 Å². The molecule has 0 amide bonds. The van der Waals surface area contributed by atoms with Crippen LogP contribution in [0.5, 0.6) is 0 Å². The van der Waals surface area contributed by atoms with Crippen molar-refractivity contribution < 1.29 is 4.48 Å². The molecule has 21 heavy (non-hydrogen) atoms. The minimum Gasteiger partial charge on any atom is -0.326 e. The van der Waals surface area contributed by atoms with Crippen molar-refractivity contribution >= 4 is 0 Å². The SMILES string of the molecule is CCC1C2CCC(C1CN(C)CC)C1C[N+](C)(CC)CC21. The second kappa shape index (κ2) is 5.85. The van der Waals surface area contributed by atoms with Crippen molar-refractivity contribution in [3.05, 3.63) is 0 Å². The Labute approximate surface area is 132 Å². The van der Waals surface area contributed by atoms with Gasteiger partial charge in [-0.25, -0.2) is 0 Å². The Morgan fingerprint density at radius 1 is 0.905 bits per heavy atom. The van der Waals surface area contributed by atoms with Crippen molar-refractivity contribution in [1.29, 1.82) is 0 Å². The van der Waals surface area contributed by atoms with Gasteiger partial charge in [-0.3, -0.25) is 0 Å². The Balaban J connectivity index is 1.83. The first-order valence-electron chi connectivity index (χ1n) is 9.55. The van der Waals surface area contributed by atoms with E-state index >= 15 is 0 Å². The Kier molecular flexibility index (Phi) is 4.40. The summed E-state index contributed by atoms with van der Waals surface area (Å²) in [5.74, 6) is 6.19. The molecule has 4 fully saturated rings. The van der Waals surface area contributed by atoms with Crippen molar-refractivity contribution in [1.82, 2.24) is 4.90 Å². The molecule has 7 atom stereocenters. The van der Waals surface area contributed by atoms with E-state index in [1.54, 1.807) is 6.42 Å². The van der Waals surface area contributed by atoms with Gasteiger partial charge in [0.2, 0.25) is 0 Å². The first-order chi connectivity index (χ1) is 10.0. The molecule has 3 aliphatic carbocycles. The second-order valence-electron chi connectivity index (χ2n) is 8.62. The summed E-state index contributed by atoms with van der Waals surface area (Å²) in [6.07, 6.45) is 4.50. The van der Waals surface area contributed by atoms with E-state index in [1.807, 2.05) is 0 Å². The maximum Gasteiger partial charge on any atom is 0.0820 e. The summed E-state index contributed by atoms with van der Waals surface area (Å²) in [6, 6.07) is 0. The van der Waals surface area contributed by atoms with Crippen LogP contribution < -0.4 is 0 Å². The lowest BCUT2D eigenvalue weighted by atomic mass is 9.50. The number of likely N-dealkylation sites (tertiary alicyclic amines) is 1. The normalized spacial score (nSPS) is 48.9. The standard InChI is InChI=1S/C19H37N2/c1-6-14-15-9-10-16(17(14)11-20(4)7-2)19-13-21(5,8-3)12-18(15)19/h14-19H,6-13H2,1-5H3/q+1. The monoisotopic (exact) mass is 293 g/mol. The quantitative estimate of drug-likeness (QED) is 0.703. The van der Waals surface area contributed by atoms with Crippen molar-refractivity contribution in [2.75, 3.05) is 46.8 Å². The van der Waals surface area contributed by atoms with Crippen LogP contribution >= 0.6 is 0 Å². The smallest absolute Gasteiger partial charge is 0.0820 e. The molecule has 0 radical (unpaired) electrons. The van der Waals surface area contributed by atoms with E-state index in [-0.39, 0.29) is 0 Å². The van der Waals surface area contributed by atoms with Gasteiger partial charge < -0.3 is 9.38 Å². The molecule has 3 saturated carbocycles. The molecule has 1 saturated heterocycles. The van der Waals surface area contributed by atoms with Crippen LogP contribution in [0.4, 0.5) is 0 Å². The van der Waals surface area contributed by atoms with Crippen LogP contribution in [0, 0.1) is 35.5 Å². The molecule has 0 aromatic rings. The Bertz CT molecular complexity index is 367. The van der Waals surface area contributed by atoms with Crippen LogP contribution in [0.25, 0.3) is 0 Å². The van der Waals surface area contributed by atoms with Crippen LogP contribution in [0.2, 0.25) is 0 Å². The van der Waals surface area contributed by atoms with Gasteiger partial charge in [0.15, 0.2) is 0 Å². The topological polar surface area (TPSA) is 3.24 Å². The summed E-state index contributed by atoms with van der Waals surface area (Å²) < 4.78 is 1.36. The summed E-state index contributed by atoms with van der Waals surface area (Å²) in [6.45, 7) is 14.0. The molecule has 0 aromatic carbocycles. The van der Waals surface area contributed by atoms with Gasteiger partial charge in [0.05, 0.1) is 26.7 Å². The molecule has 4 aliphatic rings. The third-order valence-corrected chi connectivity index (χ3v) is 7.73. The second-order valence-corrected chi connectivity index (χ2v) is 8.62. The molecular weight excluding hydrogens is 256 g/mol. The van der Waals surface area contributed by atoms with Gasteiger partial charge in [-0.05, 0) is 57.0 Å². The predicted octanol–water partition coefficient (Wildman–Crippen LogP) is 3.33. The van der Waals surface area contributed by atoms with E-state index in [9.17, 15) is 0 Å². The highest BCUT2D eigenvalue weighted by Crippen LogP contribution is 2.58. The van der Waals surface area contributed by atoms with Gasteiger partial charge in [0, 0.05) is 18.4 Å². The molecular formula is C19H37N2+. The third-order valence-electron chi connectivity index (χ3n) is 7.73. The van der Waals surface area contributed by atoms with E-state index in [0.717, 1.165) is 35.5 Å². The van der Waals surface area contributed by atoms with E-state index in [0.29, 0.717) is 0 Å². The van der Waals surface area contributed by atoms with E-state index in [2.05, 4.69) is 39.8 Å². The molecule has 122 valence electrons. The maximum atomic E-state index is 2.58. The Morgan fingerprint density at radius 3 is 1.95 bits per heavy atom. The largest absolute Gasteiger partial charge is 0.326 e. The molecule has 0 N–H and O–H groups in total. The van der Waals surface area contributed by atoms with Gasteiger partial charge in [0.1, 0.15) is 0 Å². The van der Waals surface area contributed by atoms with Crippen molar-refractivity contribution in [3.8, 4) is 0 Å². The maximum absolute atomic E-state index is 2.58. The highest BCUT2D eigenvalue weighted by atomic mass is 15.4. The molecule has 0 aromatic heterocycles. The number of hydrogen-bond acceptors (Lipinski definition) is 1. The zero-order chi connectivity index (χ0) is 15.2. The molecule has 1 aliphatic heterocycles. The van der Waals surface area contributed by atoms with Crippen LogP contribution in [-0.4, -0.2) is 56.2 Å². The van der Waals surface area contributed by atoms with Crippen molar-refractivity contribution in [2.24, 2.45) is 35.5 Å². The minimum atomic E-state index is 0.989. The van der Waals surface area contributed by atoms with Crippen LogP contribution in [0.3, 0.4) is 0 Å². The summed E-state index contributed by atoms with van der Waals surface area (Å²) in [5.41, 5.74) is 0. The van der Waals surface area contributed by atoms with E-state index < -0.39 is 0 Å². The lowest BCUT2D eigenvalue weighted by molar-refractivity contribution is -0.898.